The third kappa shape index (κ3) is 9.95. The highest BCUT2D eigenvalue weighted by atomic mass is 16.4. The maximum absolute atomic E-state index is 13.9. The lowest BCUT2D eigenvalue weighted by Crippen LogP contribution is -2.56. The van der Waals surface area contributed by atoms with Crippen molar-refractivity contribution in [3.8, 4) is 0 Å². The Morgan fingerprint density at radius 2 is 1.56 bits per heavy atom. The number of benzene rings is 2. The minimum atomic E-state index is -1.26. The van der Waals surface area contributed by atoms with E-state index in [1.165, 1.54) is 0 Å². The first-order valence-electron chi connectivity index (χ1n) is 13.0. The number of rotatable bonds is 16. The number of carboxylic acids is 1. The summed E-state index contributed by atoms with van der Waals surface area (Å²) in [6.07, 6.45) is 0.0775. The van der Waals surface area contributed by atoms with E-state index in [9.17, 15) is 24.3 Å². The number of nitrogen functional groups attached to an aromatic ring is 1. The van der Waals surface area contributed by atoms with Crippen LogP contribution >= 0.6 is 0 Å². The van der Waals surface area contributed by atoms with E-state index in [1.807, 2.05) is 6.07 Å². The first-order chi connectivity index (χ1) is 19.3. The van der Waals surface area contributed by atoms with Crippen LogP contribution in [0.5, 0.6) is 0 Å². The van der Waals surface area contributed by atoms with Gasteiger partial charge in [0.1, 0.15) is 17.9 Å². The van der Waals surface area contributed by atoms with Crippen molar-refractivity contribution >= 4 is 35.5 Å². The highest BCUT2D eigenvalue weighted by molar-refractivity contribution is 5.96. The molecule has 220 valence electrons. The van der Waals surface area contributed by atoms with Gasteiger partial charge in [-0.3, -0.25) is 29.6 Å². The molecule has 3 amide bonds. The smallest absolute Gasteiger partial charge is 0.303 e. The summed E-state index contributed by atoms with van der Waals surface area (Å²) in [6, 6.07) is 13.5. The lowest BCUT2D eigenvalue weighted by molar-refractivity contribution is -0.138. The molecule has 0 fully saturated rings. The third-order valence-corrected chi connectivity index (χ3v) is 6.61. The van der Waals surface area contributed by atoms with Gasteiger partial charge in [0.2, 0.25) is 17.7 Å². The fraction of sp³-hybridized carbons (Fsp3) is 0.357. The SMILES string of the molecule is C[C@@](Cc1ccc(C(=N)N)cc1)(C(=O)NC(CCC(=O)O)C(=O)NC(CCCN=C(N)N)C(N)=O)c1ccccc1. The van der Waals surface area contributed by atoms with E-state index in [4.69, 9.17) is 28.3 Å². The zero-order valence-electron chi connectivity index (χ0n) is 22.9. The van der Waals surface area contributed by atoms with Crippen LogP contribution in [0.4, 0.5) is 0 Å². The van der Waals surface area contributed by atoms with E-state index in [1.54, 1.807) is 55.5 Å². The van der Waals surface area contributed by atoms with E-state index in [0.717, 1.165) is 5.56 Å². The molecule has 0 heterocycles. The number of nitrogens with two attached hydrogens (primary N) is 4. The molecule has 41 heavy (non-hydrogen) atoms. The molecule has 0 bridgehead atoms. The Kier molecular flexibility index (Phi) is 11.8. The summed E-state index contributed by atoms with van der Waals surface area (Å²) in [7, 11) is 0. The van der Waals surface area contributed by atoms with E-state index in [0.29, 0.717) is 17.5 Å². The topological polar surface area (TPSA) is 253 Å². The molecule has 3 atom stereocenters. The van der Waals surface area contributed by atoms with Crippen molar-refractivity contribution in [3.05, 3.63) is 71.3 Å². The number of nitrogens with one attached hydrogen (secondary N) is 3. The second-order valence-corrected chi connectivity index (χ2v) is 9.86. The Labute approximate surface area is 238 Å². The molecule has 0 spiro atoms. The molecular weight excluding hydrogens is 528 g/mol. The van der Waals surface area contributed by atoms with E-state index >= 15 is 0 Å². The number of nitrogens with zero attached hydrogens (tertiary/aromatic N) is 1. The number of aliphatic imine (C=N–C) groups is 1. The van der Waals surface area contributed by atoms with E-state index in [2.05, 4.69) is 15.6 Å². The standard InChI is InChI=1S/C28H38N8O5/c1-28(19-6-3-2-4-7-19,16-17-9-11-18(12-10-17)23(29)30)26(41)36-21(13-14-22(37)38)25(40)35-20(24(31)39)8-5-15-34-27(32)33/h2-4,6-7,9-12,20-21H,5,8,13-16H2,1H3,(H3,29,30)(H2,31,39)(H,35,40)(H,36,41)(H,37,38)(H4,32,33,34)/t20?,21?,28-/m0/s1. The zero-order chi connectivity index (χ0) is 30.6. The van der Waals surface area contributed by atoms with Gasteiger partial charge in [0.25, 0.3) is 0 Å². The van der Waals surface area contributed by atoms with Crippen LogP contribution in [-0.2, 0) is 31.0 Å². The van der Waals surface area contributed by atoms with Gasteiger partial charge in [-0.05, 0) is 43.7 Å². The quantitative estimate of drug-likeness (QED) is 0.0768. The fourth-order valence-electron chi connectivity index (χ4n) is 4.25. The minimum Gasteiger partial charge on any atom is -0.481 e. The van der Waals surface area contributed by atoms with E-state index in [-0.39, 0.29) is 37.6 Å². The van der Waals surface area contributed by atoms with Gasteiger partial charge in [0.05, 0.1) is 5.41 Å². The van der Waals surface area contributed by atoms with Gasteiger partial charge < -0.3 is 38.7 Å². The van der Waals surface area contributed by atoms with Crippen LogP contribution < -0.4 is 33.6 Å². The normalized spacial score (nSPS) is 13.6. The number of primary amides is 1. The van der Waals surface area contributed by atoms with Crippen LogP contribution in [0, 0.1) is 5.41 Å². The summed E-state index contributed by atoms with van der Waals surface area (Å²) < 4.78 is 0. The van der Waals surface area contributed by atoms with Gasteiger partial charge in [-0.15, -0.1) is 0 Å². The molecule has 0 saturated heterocycles. The number of hydrogen-bond donors (Lipinski definition) is 8. The number of hydrogen-bond acceptors (Lipinski definition) is 6. The van der Waals surface area contributed by atoms with Crippen LogP contribution in [0.25, 0.3) is 0 Å². The lowest BCUT2D eigenvalue weighted by Gasteiger charge is -2.31. The summed E-state index contributed by atoms with van der Waals surface area (Å²) in [5, 5.41) is 22.1. The van der Waals surface area contributed by atoms with Crippen molar-refractivity contribution in [3.63, 3.8) is 0 Å². The molecule has 0 aromatic heterocycles. The minimum absolute atomic E-state index is 0.0853. The van der Waals surface area contributed by atoms with Crippen molar-refractivity contribution in [1.82, 2.24) is 10.6 Å². The molecule has 0 aliphatic carbocycles. The summed E-state index contributed by atoms with van der Waals surface area (Å²) in [5.74, 6) is -3.42. The monoisotopic (exact) mass is 566 g/mol. The highest BCUT2D eigenvalue weighted by Crippen LogP contribution is 2.29. The third-order valence-electron chi connectivity index (χ3n) is 6.61. The number of carboxylic acid groups (broad SMARTS) is 1. The zero-order valence-corrected chi connectivity index (χ0v) is 22.9. The molecule has 13 nitrogen and oxygen atoms in total. The van der Waals surface area contributed by atoms with Gasteiger partial charge in [0.15, 0.2) is 5.96 Å². The number of carbonyl (C=O) groups excluding carboxylic acids is 3. The van der Waals surface area contributed by atoms with Crippen molar-refractivity contribution < 1.29 is 24.3 Å². The Balaban J connectivity index is 2.32. The van der Waals surface area contributed by atoms with E-state index < -0.39 is 47.6 Å². The Morgan fingerprint density at radius 3 is 2.10 bits per heavy atom. The summed E-state index contributed by atoms with van der Waals surface area (Å²) >= 11 is 0. The van der Waals surface area contributed by atoms with Gasteiger partial charge >= 0.3 is 5.97 Å². The van der Waals surface area contributed by atoms with Crippen molar-refractivity contribution in [1.29, 1.82) is 5.41 Å². The molecule has 0 saturated carbocycles. The first kappa shape index (κ1) is 32.3. The number of aliphatic carboxylic acids is 1. The second kappa shape index (κ2) is 15.0. The molecule has 2 unspecified atom stereocenters. The molecule has 2 rings (SSSR count). The summed E-state index contributed by atoms with van der Waals surface area (Å²) in [6.45, 7) is 1.93. The average molecular weight is 567 g/mol. The Morgan fingerprint density at radius 1 is 0.927 bits per heavy atom. The first-order valence-corrected chi connectivity index (χ1v) is 13.0. The van der Waals surface area contributed by atoms with Crippen LogP contribution in [0.1, 0.15) is 49.3 Å². The maximum atomic E-state index is 13.9. The van der Waals surface area contributed by atoms with Crippen molar-refractivity contribution in [2.45, 2.75) is 56.5 Å². The average Bonchev–Trinajstić information content (AvgIpc) is 2.92. The molecule has 0 aliphatic rings. The number of carbonyl (C=O) groups is 4. The van der Waals surface area contributed by atoms with Crippen LogP contribution in [0.15, 0.2) is 59.6 Å². The highest BCUT2D eigenvalue weighted by Gasteiger charge is 2.38. The van der Waals surface area contributed by atoms with Crippen LogP contribution in [0.3, 0.4) is 0 Å². The number of guanidine groups is 1. The van der Waals surface area contributed by atoms with Gasteiger partial charge in [-0.2, -0.15) is 0 Å². The number of amidine groups is 1. The summed E-state index contributed by atoms with van der Waals surface area (Å²) in [4.78, 5) is 54.3. The number of amides is 3. The van der Waals surface area contributed by atoms with Gasteiger partial charge in [-0.25, -0.2) is 0 Å². The molecule has 12 N–H and O–H groups in total. The van der Waals surface area contributed by atoms with Crippen molar-refractivity contribution in [2.24, 2.45) is 27.9 Å². The maximum Gasteiger partial charge on any atom is 0.303 e. The van der Waals surface area contributed by atoms with Crippen molar-refractivity contribution in [2.75, 3.05) is 6.54 Å². The second-order valence-electron chi connectivity index (χ2n) is 9.86. The Bertz CT molecular complexity index is 1260. The molecule has 13 heteroatoms. The predicted octanol–water partition coefficient (Wildman–Crippen LogP) is -0.156. The molecule has 0 aliphatic heterocycles. The van der Waals surface area contributed by atoms with Crippen LogP contribution in [0.2, 0.25) is 0 Å². The lowest BCUT2D eigenvalue weighted by atomic mass is 9.76. The largest absolute Gasteiger partial charge is 0.481 e. The van der Waals surface area contributed by atoms with Gasteiger partial charge in [0, 0.05) is 18.5 Å². The molecule has 0 radical (unpaired) electrons. The molecule has 2 aromatic carbocycles. The summed E-state index contributed by atoms with van der Waals surface area (Å²) in [5.41, 5.74) is 22.4. The molecule has 2 aromatic rings. The molecular formula is C28H38N8O5. The predicted molar refractivity (Wildman–Crippen MR) is 155 cm³/mol. The fourth-order valence-corrected chi connectivity index (χ4v) is 4.25. The Hall–Kier alpha value is -4.94. The van der Waals surface area contributed by atoms with Crippen LogP contribution in [-0.4, -0.2) is 59.2 Å². The van der Waals surface area contributed by atoms with Gasteiger partial charge in [-0.1, -0.05) is 54.6 Å².